The molecule has 0 aliphatic heterocycles. The maximum Gasteiger partial charge on any atom is 0.344 e. The maximum absolute atomic E-state index is 12.0. The first-order chi connectivity index (χ1) is 9.13. The highest BCUT2D eigenvalue weighted by molar-refractivity contribution is 14.1. The molecule has 0 aliphatic carbocycles. The lowest BCUT2D eigenvalue weighted by molar-refractivity contribution is -0.0133. The molecule has 0 spiro atoms. The smallest absolute Gasteiger partial charge is 0.344 e. The van der Waals surface area contributed by atoms with Crippen molar-refractivity contribution in [1.29, 1.82) is 0 Å². The van der Waals surface area contributed by atoms with Crippen LogP contribution in [0.2, 0.25) is 0 Å². The van der Waals surface area contributed by atoms with Gasteiger partial charge in [-0.05, 0) is 18.6 Å². The normalized spacial score (nSPS) is 10.3. The van der Waals surface area contributed by atoms with E-state index in [4.69, 9.17) is 18.9 Å². The quantitative estimate of drug-likeness (QED) is 0.315. The van der Waals surface area contributed by atoms with Gasteiger partial charge in [-0.1, -0.05) is 28.7 Å². The van der Waals surface area contributed by atoms with E-state index >= 15 is 0 Å². The first-order valence-corrected chi connectivity index (χ1v) is 7.13. The van der Waals surface area contributed by atoms with E-state index in [0.717, 1.165) is 15.6 Å². The van der Waals surface area contributed by atoms with Crippen LogP contribution in [0.15, 0.2) is 12.1 Å². The van der Waals surface area contributed by atoms with Crippen LogP contribution in [0.4, 0.5) is 0 Å². The summed E-state index contributed by atoms with van der Waals surface area (Å²) in [5.41, 5.74) is 2.29. The molecule has 0 amide bonds. The van der Waals surface area contributed by atoms with Crippen molar-refractivity contribution >= 4 is 28.6 Å². The number of methoxy groups -OCH3 is 2. The molecule has 0 heterocycles. The molecule has 0 atom stereocenters. The number of ether oxygens (including phenoxy) is 4. The number of hydrogen-bond donors (Lipinski definition) is 0. The summed E-state index contributed by atoms with van der Waals surface area (Å²) in [6.07, 6.45) is 0. The van der Waals surface area contributed by atoms with Crippen molar-refractivity contribution in [3.63, 3.8) is 0 Å². The average Bonchev–Trinajstić information content (AvgIpc) is 2.42. The van der Waals surface area contributed by atoms with Crippen LogP contribution in [0.25, 0.3) is 0 Å². The molecule has 0 N–H and O–H groups in total. The third kappa shape index (κ3) is 4.63. The summed E-state index contributed by atoms with van der Waals surface area (Å²) in [5.74, 6) is 0.0331. The second kappa shape index (κ2) is 8.34. The molecule has 0 aromatic heterocycles. The lowest BCUT2D eigenvalue weighted by atomic mass is 10.1. The summed E-state index contributed by atoms with van der Waals surface area (Å²) < 4.78 is 20.8. The Morgan fingerprint density at radius 2 is 1.89 bits per heavy atom. The Hall–Kier alpha value is -0.860. The van der Waals surface area contributed by atoms with Gasteiger partial charge in [0.15, 0.2) is 13.6 Å². The predicted octanol–water partition coefficient (Wildman–Crippen LogP) is 2.67. The zero-order chi connectivity index (χ0) is 14.3. The minimum Gasteiger partial charge on any atom is -0.466 e. The van der Waals surface area contributed by atoms with Crippen LogP contribution < -0.4 is 4.74 Å². The fraction of sp³-hybridized carbons (Fsp3) is 0.462. The Kier molecular flexibility index (Phi) is 7.11. The Bertz CT molecular complexity index is 433. The van der Waals surface area contributed by atoms with E-state index in [-0.39, 0.29) is 13.6 Å². The molecular formula is C13H17IO5. The van der Waals surface area contributed by atoms with Crippen molar-refractivity contribution in [1.82, 2.24) is 0 Å². The van der Waals surface area contributed by atoms with Crippen molar-refractivity contribution in [3.05, 3.63) is 28.8 Å². The Morgan fingerprint density at radius 3 is 2.47 bits per heavy atom. The lowest BCUT2D eigenvalue weighted by Gasteiger charge is -2.15. The van der Waals surface area contributed by atoms with Gasteiger partial charge in [-0.25, -0.2) is 4.79 Å². The summed E-state index contributed by atoms with van der Waals surface area (Å²) in [4.78, 5) is 12.0. The highest BCUT2D eigenvalue weighted by Gasteiger charge is 2.18. The zero-order valence-electron chi connectivity index (χ0n) is 11.2. The van der Waals surface area contributed by atoms with Gasteiger partial charge in [0.1, 0.15) is 11.3 Å². The number of rotatable bonds is 7. The highest BCUT2D eigenvalue weighted by atomic mass is 127. The van der Waals surface area contributed by atoms with Crippen LogP contribution in [-0.4, -0.2) is 33.8 Å². The third-order valence-corrected chi connectivity index (χ3v) is 3.12. The SMILES string of the molecule is COCOC(=O)c1cc(C)cc(CI)c1OCOC. The highest BCUT2D eigenvalue weighted by Crippen LogP contribution is 2.29. The molecule has 1 aromatic rings. The largest absolute Gasteiger partial charge is 0.466 e. The van der Waals surface area contributed by atoms with Gasteiger partial charge in [0.2, 0.25) is 0 Å². The number of esters is 1. The van der Waals surface area contributed by atoms with Crippen LogP contribution in [-0.2, 0) is 18.6 Å². The van der Waals surface area contributed by atoms with Gasteiger partial charge in [0.25, 0.3) is 0 Å². The van der Waals surface area contributed by atoms with Crippen molar-refractivity contribution in [3.8, 4) is 5.75 Å². The molecular weight excluding hydrogens is 363 g/mol. The van der Waals surface area contributed by atoms with Gasteiger partial charge in [0, 0.05) is 24.2 Å². The standard InChI is InChI=1S/C13H17IO5/c1-9-4-10(6-14)12(18-7-16-2)11(5-9)13(15)19-8-17-3/h4-5H,6-8H2,1-3H3. The van der Waals surface area contributed by atoms with Gasteiger partial charge in [-0.2, -0.15) is 0 Å². The van der Waals surface area contributed by atoms with E-state index in [1.807, 2.05) is 13.0 Å². The number of hydrogen-bond acceptors (Lipinski definition) is 5. The van der Waals surface area contributed by atoms with Crippen LogP contribution in [0.3, 0.4) is 0 Å². The fourth-order valence-electron chi connectivity index (χ4n) is 1.58. The molecule has 5 nitrogen and oxygen atoms in total. The Balaban J connectivity index is 3.10. The predicted molar refractivity (Wildman–Crippen MR) is 78.7 cm³/mol. The minimum atomic E-state index is -0.470. The molecule has 1 aromatic carbocycles. The first kappa shape index (κ1) is 16.2. The van der Waals surface area contributed by atoms with Gasteiger partial charge < -0.3 is 18.9 Å². The molecule has 0 unspecified atom stereocenters. The van der Waals surface area contributed by atoms with E-state index < -0.39 is 5.97 Å². The molecule has 6 heteroatoms. The summed E-state index contributed by atoms with van der Waals surface area (Å²) >= 11 is 2.22. The summed E-state index contributed by atoms with van der Waals surface area (Å²) in [6.45, 7) is 1.91. The average molecular weight is 380 g/mol. The first-order valence-electron chi connectivity index (χ1n) is 5.61. The molecule has 19 heavy (non-hydrogen) atoms. The second-order valence-corrected chi connectivity index (χ2v) is 4.59. The van der Waals surface area contributed by atoms with Crippen LogP contribution in [0, 0.1) is 6.92 Å². The fourth-order valence-corrected chi connectivity index (χ4v) is 2.14. The van der Waals surface area contributed by atoms with Gasteiger partial charge in [-0.3, -0.25) is 0 Å². The lowest BCUT2D eigenvalue weighted by Crippen LogP contribution is -2.12. The van der Waals surface area contributed by atoms with Crippen LogP contribution in [0.5, 0.6) is 5.75 Å². The number of halogens is 1. The third-order valence-electron chi connectivity index (χ3n) is 2.30. The summed E-state index contributed by atoms with van der Waals surface area (Å²) in [6, 6.07) is 3.71. The molecule has 0 fully saturated rings. The molecule has 0 radical (unpaired) electrons. The maximum atomic E-state index is 12.0. The Morgan fingerprint density at radius 1 is 1.21 bits per heavy atom. The molecule has 0 bridgehead atoms. The molecule has 0 saturated carbocycles. The van der Waals surface area contributed by atoms with Crippen molar-refractivity contribution < 1.29 is 23.7 Å². The van der Waals surface area contributed by atoms with Crippen molar-refractivity contribution in [2.75, 3.05) is 27.8 Å². The van der Waals surface area contributed by atoms with Crippen LogP contribution in [0.1, 0.15) is 21.5 Å². The molecule has 0 saturated heterocycles. The minimum absolute atomic E-state index is 0.0806. The Labute approximate surface area is 126 Å². The second-order valence-electron chi connectivity index (χ2n) is 3.82. The van der Waals surface area contributed by atoms with E-state index in [2.05, 4.69) is 22.6 Å². The summed E-state index contributed by atoms with van der Waals surface area (Å²) in [7, 11) is 2.99. The van der Waals surface area contributed by atoms with Crippen molar-refractivity contribution in [2.45, 2.75) is 11.4 Å². The van der Waals surface area contributed by atoms with Gasteiger partial charge in [0.05, 0.1) is 0 Å². The van der Waals surface area contributed by atoms with E-state index in [0.29, 0.717) is 11.3 Å². The molecule has 1 rings (SSSR count). The molecule has 106 valence electrons. The van der Waals surface area contributed by atoms with Crippen molar-refractivity contribution in [2.24, 2.45) is 0 Å². The van der Waals surface area contributed by atoms with Gasteiger partial charge >= 0.3 is 5.97 Å². The summed E-state index contributed by atoms with van der Waals surface area (Å²) in [5, 5.41) is 0. The number of benzene rings is 1. The number of carbonyl (C=O) groups is 1. The number of aryl methyl sites for hydroxylation is 1. The topological polar surface area (TPSA) is 54.0 Å². The zero-order valence-corrected chi connectivity index (χ0v) is 13.4. The monoisotopic (exact) mass is 380 g/mol. The molecule has 0 aliphatic rings. The van der Waals surface area contributed by atoms with E-state index in [1.165, 1.54) is 14.2 Å². The van der Waals surface area contributed by atoms with Crippen LogP contribution >= 0.6 is 22.6 Å². The number of carbonyl (C=O) groups excluding carboxylic acids is 1. The number of alkyl halides is 1. The van der Waals surface area contributed by atoms with E-state index in [1.54, 1.807) is 6.07 Å². The van der Waals surface area contributed by atoms with E-state index in [9.17, 15) is 4.79 Å². The van der Waals surface area contributed by atoms with Gasteiger partial charge in [-0.15, -0.1) is 0 Å².